The van der Waals surface area contributed by atoms with E-state index in [0.717, 1.165) is 26.3 Å². The Hall–Kier alpha value is -0.720. The fourth-order valence-corrected chi connectivity index (χ4v) is 5.96. The first-order valence-electron chi connectivity index (χ1n) is 16.8. The van der Waals surface area contributed by atoms with Gasteiger partial charge in [-0.1, -0.05) is 11.8 Å². The van der Waals surface area contributed by atoms with Crippen LogP contribution in [-0.2, 0) is 0 Å². The molecule has 3 rings (SSSR count). The van der Waals surface area contributed by atoms with Crippen LogP contribution in [-0.4, -0.2) is 163 Å². The van der Waals surface area contributed by atoms with Gasteiger partial charge in [0.2, 0.25) is 0 Å². The molecule has 0 amide bonds. The highest BCUT2D eigenvalue weighted by atomic mass is 15.4. The van der Waals surface area contributed by atoms with Crippen molar-refractivity contribution in [2.24, 2.45) is 5.41 Å². The lowest BCUT2D eigenvalue weighted by Gasteiger charge is -2.44. The highest BCUT2D eigenvalue weighted by Crippen LogP contribution is 2.18. The van der Waals surface area contributed by atoms with Gasteiger partial charge in [0.05, 0.1) is 13.2 Å². The number of hydrogen-bond donors (Lipinski definition) is 0. The van der Waals surface area contributed by atoms with Crippen LogP contribution in [0.25, 0.3) is 0 Å². The van der Waals surface area contributed by atoms with Crippen molar-refractivity contribution >= 4 is 0 Å². The highest BCUT2D eigenvalue weighted by Gasteiger charge is 2.28. The summed E-state index contributed by atoms with van der Waals surface area (Å²) >= 11 is 0. The van der Waals surface area contributed by atoms with Gasteiger partial charge in [-0.05, 0) is 90.1 Å². The van der Waals surface area contributed by atoms with Crippen LogP contribution in [0.15, 0.2) is 0 Å². The molecule has 3 heterocycles. The van der Waals surface area contributed by atoms with Crippen LogP contribution in [0.4, 0.5) is 0 Å². The first-order valence-corrected chi connectivity index (χ1v) is 16.8. The van der Waals surface area contributed by atoms with E-state index < -0.39 is 0 Å². The summed E-state index contributed by atoms with van der Waals surface area (Å²) in [7, 11) is 2.16. The average Bonchev–Trinajstić information content (AvgIpc) is 2.86. The van der Waals surface area contributed by atoms with Gasteiger partial charge in [-0.3, -0.25) is 34.3 Å². The quantitative estimate of drug-likeness (QED) is 0.429. The third kappa shape index (κ3) is 14.4. The summed E-state index contributed by atoms with van der Waals surface area (Å²) in [4.78, 5) is 17.9. The molecule has 3 aliphatic heterocycles. The molecule has 0 unspecified atom stereocenters. The first kappa shape index (κ1) is 37.5. The molecular formula is C35H71N7. The molecule has 0 radical (unpaired) electrons. The molecule has 0 aromatic rings. The van der Waals surface area contributed by atoms with Gasteiger partial charge in [0.1, 0.15) is 0 Å². The van der Waals surface area contributed by atoms with E-state index in [0.29, 0.717) is 16.6 Å². The van der Waals surface area contributed by atoms with Crippen LogP contribution >= 0.6 is 0 Å². The molecule has 7 heteroatoms. The third-order valence-electron chi connectivity index (χ3n) is 8.95. The first-order chi connectivity index (χ1) is 19.2. The average molecular weight is 590 g/mol. The van der Waals surface area contributed by atoms with E-state index >= 15 is 0 Å². The molecule has 0 saturated carbocycles. The number of piperazine rings is 3. The molecule has 0 spiro atoms. The van der Waals surface area contributed by atoms with Crippen molar-refractivity contribution in [2.75, 3.05) is 112 Å². The molecule has 246 valence electrons. The molecule has 42 heavy (non-hydrogen) atoms. The van der Waals surface area contributed by atoms with E-state index in [4.69, 9.17) is 0 Å². The molecule has 0 aliphatic carbocycles. The van der Waals surface area contributed by atoms with Gasteiger partial charge in [-0.15, -0.1) is 0 Å². The Kier molecular flexibility index (Phi) is 14.3. The van der Waals surface area contributed by atoms with Crippen molar-refractivity contribution < 1.29 is 0 Å². The van der Waals surface area contributed by atoms with Crippen molar-refractivity contribution in [3.8, 4) is 11.8 Å². The second kappa shape index (κ2) is 16.0. The Morgan fingerprint density at radius 3 is 1.07 bits per heavy atom. The zero-order valence-electron chi connectivity index (χ0n) is 30.4. The lowest BCUT2D eigenvalue weighted by Crippen LogP contribution is -2.56. The van der Waals surface area contributed by atoms with Gasteiger partial charge < -0.3 is 0 Å². The van der Waals surface area contributed by atoms with Gasteiger partial charge in [0, 0.05) is 114 Å². The van der Waals surface area contributed by atoms with Crippen molar-refractivity contribution in [1.82, 2.24) is 34.3 Å². The van der Waals surface area contributed by atoms with Gasteiger partial charge in [0.25, 0.3) is 0 Å². The normalized spacial score (nSPS) is 22.0. The van der Waals surface area contributed by atoms with Crippen LogP contribution < -0.4 is 0 Å². The predicted octanol–water partition coefficient (Wildman–Crippen LogP) is 4.16. The summed E-state index contributed by atoms with van der Waals surface area (Å²) < 4.78 is 0. The van der Waals surface area contributed by atoms with E-state index in [9.17, 15) is 0 Å². The number of hydrogen-bond acceptors (Lipinski definition) is 7. The molecular weight excluding hydrogens is 518 g/mol. The Morgan fingerprint density at radius 2 is 0.786 bits per heavy atom. The van der Waals surface area contributed by atoms with E-state index in [1.807, 2.05) is 0 Å². The second-order valence-corrected chi connectivity index (χ2v) is 17.0. The van der Waals surface area contributed by atoms with Gasteiger partial charge >= 0.3 is 0 Å². The zero-order chi connectivity index (χ0) is 31.8. The summed E-state index contributed by atoms with van der Waals surface area (Å²) in [5.74, 6) is 6.59. The summed E-state index contributed by atoms with van der Waals surface area (Å²) in [6, 6.07) is 0. The van der Waals surface area contributed by atoms with Crippen LogP contribution in [0.3, 0.4) is 0 Å². The van der Waals surface area contributed by atoms with Crippen LogP contribution in [0.1, 0.15) is 83.1 Å². The summed E-state index contributed by atoms with van der Waals surface area (Å²) in [6.45, 7) is 46.2. The number of rotatable bonds is 6. The SMILES string of the molecule is CC(C)(C)N1CCN(CCN2CCN(C(C)(C)C)CC2)CC1.CN(CC#CC(C)(C)C)CN1CCN(C(C)(C)C)CC1. The Balaban J connectivity index is 0.000000295. The maximum Gasteiger partial charge on any atom is 0.0610 e. The lowest BCUT2D eigenvalue weighted by molar-refractivity contribution is 0.0397. The fourth-order valence-electron chi connectivity index (χ4n) is 5.96. The summed E-state index contributed by atoms with van der Waals surface area (Å²) in [6.07, 6.45) is 0. The van der Waals surface area contributed by atoms with Crippen LogP contribution in [0.5, 0.6) is 0 Å². The minimum atomic E-state index is 0.110. The summed E-state index contributed by atoms with van der Waals surface area (Å²) in [5.41, 5.74) is 1.07. The fraction of sp³-hybridized carbons (Fsp3) is 0.943. The smallest absolute Gasteiger partial charge is 0.0610 e. The standard InChI is InChI=1S/C18H38N4.C17H33N3/c1-17(2,3)21-13-9-19(10-14-21)7-8-20-11-15-22(16-12-20)18(4,5)6;1-16(2,3)9-8-10-18(7)15-19-11-13-20(14-12-19)17(4,5)6/h7-16H2,1-6H3;10-15H2,1-7H3. The van der Waals surface area contributed by atoms with Crippen molar-refractivity contribution in [1.29, 1.82) is 0 Å². The maximum atomic E-state index is 3.30. The van der Waals surface area contributed by atoms with Gasteiger partial charge in [0.15, 0.2) is 0 Å². The Bertz CT molecular complexity index is 775. The molecule has 0 aromatic carbocycles. The largest absolute Gasteiger partial charge is 0.300 e. The van der Waals surface area contributed by atoms with Crippen LogP contribution in [0.2, 0.25) is 0 Å². The molecule has 3 fully saturated rings. The Labute approximate surface area is 262 Å². The van der Waals surface area contributed by atoms with Gasteiger partial charge in [-0.2, -0.15) is 0 Å². The van der Waals surface area contributed by atoms with Crippen LogP contribution in [0, 0.1) is 17.3 Å². The Morgan fingerprint density at radius 1 is 0.476 bits per heavy atom. The molecule has 0 N–H and O–H groups in total. The van der Waals surface area contributed by atoms with E-state index in [-0.39, 0.29) is 5.41 Å². The van der Waals surface area contributed by atoms with Gasteiger partial charge in [-0.25, -0.2) is 0 Å². The monoisotopic (exact) mass is 590 g/mol. The molecule has 0 aromatic heterocycles. The minimum absolute atomic E-state index is 0.110. The van der Waals surface area contributed by atoms with E-state index in [1.165, 1.54) is 78.5 Å². The van der Waals surface area contributed by atoms with E-state index in [1.54, 1.807) is 0 Å². The molecule has 3 aliphatic rings. The second-order valence-electron chi connectivity index (χ2n) is 17.0. The van der Waals surface area contributed by atoms with Crippen molar-refractivity contribution in [3.63, 3.8) is 0 Å². The molecule has 0 bridgehead atoms. The maximum absolute atomic E-state index is 3.30. The zero-order valence-corrected chi connectivity index (χ0v) is 30.4. The lowest BCUT2D eigenvalue weighted by atomic mass is 9.98. The minimum Gasteiger partial charge on any atom is -0.300 e. The number of nitrogens with zero attached hydrogens (tertiary/aromatic N) is 7. The third-order valence-corrected chi connectivity index (χ3v) is 8.95. The topological polar surface area (TPSA) is 22.7 Å². The predicted molar refractivity (Wildman–Crippen MR) is 183 cm³/mol. The van der Waals surface area contributed by atoms with Crippen molar-refractivity contribution in [3.05, 3.63) is 0 Å². The summed E-state index contributed by atoms with van der Waals surface area (Å²) in [5, 5.41) is 0. The van der Waals surface area contributed by atoms with E-state index in [2.05, 4.69) is 136 Å². The highest BCUT2D eigenvalue weighted by molar-refractivity contribution is 5.08. The van der Waals surface area contributed by atoms with Crippen molar-refractivity contribution in [2.45, 2.75) is 99.7 Å². The molecule has 0 atom stereocenters. The molecule has 3 saturated heterocycles. The molecule has 7 nitrogen and oxygen atoms in total.